The van der Waals surface area contributed by atoms with Gasteiger partial charge < -0.3 is 17.3 Å². The Kier molecular flexibility index (Phi) is 6.88. The molecular formula is BClF6. The zero-order valence-electron chi connectivity index (χ0n) is 3.22. The summed E-state index contributed by atoms with van der Waals surface area (Å²) >= 11 is -0.917. The maximum Gasteiger partial charge on any atom is 0.687 e. The van der Waals surface area contributed by atoms with Crippen molar-refractivity contribution in [1.29, 1.82) is 0 Å². The van der Waals surface area contributed by atoms with Crippen LogP contribution in [0.15, 0.2) is 0 Å². The molecule has 0 spiro atoms. The van der Waals surface area contributed by atoms with Gasteiger partial charge in [-0.1, -0.05) is 0 Å². The maximum absolute atomic E-state index is 9.75. The molecule has 0 atom stereocenters. The van der Waals surface area contributed by atoms with E-state index < -0.39 is 18.8 Å². The van der Waals surface area contributed by atoms with Crippen LogP contribution in [0.1, 0.15) is 0 Å². The van der Waals surface area contributed by atoms with E-state index in [1.165, 1.54) is 0 Å². The molecule has 0 saturated heterocycles. The van der Waals surface area contributed by atoms with Gasteiger partial charge in [0.15, 0.2) is 7.97 Å². The van der Waals surface area contributed by atoms with E-state index in [1.807, 2.05) is 0 Å². The molecular weight excluding hydrogens is 160 g/mol. The summed E-state index contributed by atoms with van der Waals surface area (Å²) in [5.74, 6) is 0. The van der Waals surface area contributed by atoms with Crippen molar-refractivity contribution in [3.05, 3.63) is 0 Å². The van der Waals surface area contributed by atoms with Crippen molar-refractivity contribution in [2.24, 2.45) is 0 Å². The molecule has 0 aliphatic heterocycles. The average molecular weight is 160 g/mol. The van der Waals surface area contributed by atoms with E-state index in [-0.39, 0.29) is 0 Å². The molecule has 8 heteroatoms. The highest BCUT2D eigenvalue weighted by Gasteiger charge is 2.20. The molecule has 0 amide bonds. The first-order valence-corrected chi connectivity index (χ1v) is 1.73. The Morgan fingerprint density at radius 2 is 0.875 bits per heavy atom. The summed E-state index contributed by atoms with van der Waals surface area (Å²) in [6, 6.07) is 0. The van der Waals surface area contributed by atoms with Crippen LogP contribution in [-0.4, -0.2) is 7.25 Å². The van der Waals surface area contributed by atoms with Crippen LogP contribution in [0.3, 0.4) is 0 Å². The second-order valence-electron chi connectivity index (χ2n) is 0.549. The monoisotopic (exact) mass is 160 g/mol. The summed E-state index contributed by atoms with van der Waals surface area (Å²) in [6.07, 6.45) is 0. The van der Waals surface area contributed by atoms with Crippen LogP contribution >= 0.6 is 0 Å². The predicted molar refractivity (Wildman–Crippen MR) is 12.4 cm³/mol. The van der Waals surface area contributed by atoms with E-state index in [0.29, 0.717) is 0 Å². The fraction of sp³-hybridized carbons (Fsp3) is 0. The van der Waals surface area contributed by atoms with Crippen LogP contribution in [0.25, 0.3) is 0 Å². The number of halogens is 7. The molecule has 8 heavy (non-hydrogen) atoms. The average Bonchev–Trinajstić information content (AvgIpc) is 1.27. The molecule has 0 aromatic carbocycles. The van der Waals surface area contributed by atoms with Crippen molar-refractivity contribution in [3.8, 4) is 0 Å². The third-order valence-corrected chi connectivity index (χ3v) is 0. The zero-order chi connectivity index (χ0) is 7.21. The summed E-state index contributed by atoms with van der Waals surface area (Å²) in [5, 5.41) is 0. The molecule has 0 aromatic rings. The fourth-order valence-electron chi connectivity index (χ4n) is 0. The summed E-state index contributed by atoms with van der Waals surface area (Å²) in [7, 11) is -6.00. The quantitative estimate of drug-likeness (QED) is 0.376. The van der Waals surface area contributed by atoms with E-state index in [9.17, 15) is 25.2 Å². The Morgan fingerprint density at radius 3 is 0.875 bits per heavy atom. The second-order valence-corrected chi connectivity index (χ2v) is 0.657. The van der Waals surface area contributed by atoms with Crippen LogP contribution in [0, 0.1) is 11.5 Å². The van der Waals surface area contributed by atoms with Crippen molar-refractivity contribution >= 4 is 7.25 Å². The Morgan fingerprint density at radius 1 is 0.875 bits per heavy atom. The van der Waals surface area contributed by atoms with Crippen molar-refractivity contribution in [3.63, 3.8) is 0 Å². The van der Waals surface area contributed by atoms with Crippen molar-refractivity contribution in [1.82, 2.24) is 0 Å². The summed E-state index contributed by atoms with van der Waals surface area (Å²) < 4.78 is 58.0. The van der Waals surface area contributed by atoms with Gasteiger partial charge in [0.2, 0.25) is 0 Å². The van der Waals surface area contributed by atoms with Gasteiger partial charge in [0.1, 0.15) is 0 Å². The molecule has 0 saturated carbocycles. The summed E-state index contributed by atoms with van der Waals surface area (Å²) in [5.41, 5.74) is 0. The lowest BCUT2D eigenvalue weighted by molar-refractivity contribution is -0.965. The number of rotatable bonds is 0. The molecule has 0 fully saturated rings. The van der Waals surface area contributed by atoms with Gasteiger partial charge in [-0.05, 0) is 0 Å². The normalized spacial score (nSPS) is 9.75. The predicted octanol–water partition coefficient (Wildman–Crippen LogP) is 2.14. The lowest BCUT2D eigenvalue weighted by Crippen LogP contribution is -2.02. The minimum atomic E-state index is -6.00. The molecule has 0 heterocycles. The third-order valence-electron chi connectivity index (χ3n) is 0. The highest BCUT2D eigenvalue weighted by atomic mass is 35.6. The molecule has 0 rings (SSSR count). The standard InChI is InChI=1S/BF4.ClF2/c2-1(3,4)5;2-1-3/q-1;+1. The van der Waals surface area contributed by atoms with Gasteiger partial charge in [0, 0.05) is 0 Å². The molecule has 0 N–H and O–H groups in total. The highest BCUT2D eigenvalue weighted by molar-refractivity contribution is 6.50. The summed E-state index contributed by atoms with van der Waals surface area (Å²) in [4.78, 5) is 0. The molecule has 0 radical (unpaired) electrons. The van der Waals surface area contributed by atoms with E-state index in [4.69, 9.17) is 0 Å². The molecule has 52 valence electrons. The molecule has 0 nitrogen and oxygen atoms in total. The first-order chi connectivity index (χ1) is 3.41. The van der Waals surface area contributed by atoms with Gasteiger partial charge in [-0.15, -0.1) is 0 Å². The third kappa shape index (κ3) is 34100. The molecule has 0 aliphatic rings. The lowest BCUT2D eigenvalue weighted by Gasteiger charge is -1.94. The molecule has 0 aromatic heterocycles. The van der Waals surface area contributed by atoms with Gasteiger partial charge in [-0.2, -0.15) is 0 Å². The highest BCUT2D eigenvalue weighted by Crippen LogP contribution is 2.06. The minimum Gasteiger partial charge on any atom is -0.418 e. The minimum absolute atomic E-state index is 0.917. The van der Waals surface area contributed by atoms with Crippen LogP contribution in [-0.2, 0) is 0 Å². The van der Waals surface area contributed by atoms with Crippen LogP contribution in [0.5, 0.6) is 0 Å². The van der Waals surface area contributed by atoms with Crippen molar-refractivity contribution < 1.29 is 36.8 Å². The Hall–Kier alpha value is -0.0651. The fourth-order valence-corrected chi connectivity index (χ4v) is 0. The van der Waals surface area contributed by atoms with E-state index in [0.717, 1.165) is 0 Å². The van der Waals surface area contributed by atoms with Crippen LogP contribution in [0.2, 0.25) is 0 Å². The van der Waals surface area contributed by atoms with Gasteiger partial charge in [-0.25, -0.2) is 0 Å². The second kappa shape index (κ2) is 5.08. The summed E-state index contributed by atoms with van der Waals surface area (Å²) in [6.45, 7) is 0. The zero-order valence-corrected chi connectivity index (χ0v) is 3.98. The van der Waals surface area contributed by atoms with Gasteiger partial charge >= 0.3 is 18.8 Å². The topological polar surface area (TPSA) is 0 Å². The molecule has 0 aliphatic carbocycles. The Balaban J connectivity index is 0. The largest absolute Gasteiger partial charge is 0.687 e. The van der Waals surface area contributed by atoms with Crippen LogP contribution < -0.4 is 0 Å². The smallest absolute Gasteiger partial charge is 0.418 e. The Labute approximate surface area is 45.2 Å². The van der Waals surface area contributed by atoms with Gasteiger partial charge in [0.25, 0.3) is 0 Å². The lowest BCUT2D eigenvalue weighted by atomic mass is 10.3. The maximum atomic E-state index is 9.75. The molecule has 0 unspecified atom stereocenters. The van der Waals surface area contributed by atoms with Gasteiger partial charge in [0.05, 0.1) is 0 Å². The molecule has 0 bridgehead atoms. The first-order valence-electron chi connectivity index (χ1n) is 1.16. The SMILES string of the molecule is F[B-](F)(F)F.F[Cl+]F. The van der Waals surface area contributed by atoms with Crippen molar-refractivity contribution in [2.75, 3.05) is 0 Å². The first kappa shape index (κ1) is 10.8. The van der Waals surface area contributed by atoms with E-state index in [1.54, 1.807) is 0 Å². The number of hydrogen-bond donors (Lipinski definition) is 0. The number of hydrogen-bond acceptors (Lipinski definition) is 0. The van der Waals surface area contributed by atoms with E-state index in [2.05, 4.69) is 0 Å². The van der Waals surface area contributed by atoms with E-state index >= 15 is 0 Å². The van der Waals surface area contributed by atoms with Gasteiger partial charge in [-0.3, -0.25) is 0 Å². The van der Waals surface area contributed by atoms with Crippen molar-refractivity contribution in [2.45, 2.75) is 0 Å². The Bertz CT molecular complexity index is 32.3. The van der Waals surface area contributed by atoms with Crippen LogP contribution in [0.4, 0.5) is 25.2 Å².